The van der Waals surface area contributed by atoms with Crippen LogP contribution < -0.4 is 14.7 Å². The van der Waals surface area contributed by atoms with Crippen LogP contribution in [0, 0.1) is 28.6 Å². The molecule has 2 N–H and O–H groups in total. The van der Waals surface area contributed by atoms with E-state index < -0.39 is 17.1 Å². The van der Waals surface area contributed by atoms with Crippen molar-refractivity contribution in [1.29, 1.82) is 0 Å². The lowest BCUT2D eigenvalue weighted by molar-refractivity contribution is -0.181. The van der Waals surface area contributed by atoms with Crippen LogP contribution in [0.25, 0.3) is 0 Å². The molecule has 6 rings (SSSR count). The monoisotopic (exact) mass is 722 g/mol. The zero-order valence-corrected chi connectivity index (χ0v) is 32.1. The van der Waals surface area contributed by atoms with Crippen LogP contribution in [0.5, 0.6) is 0 Å². The van der Waals surface area contributed by atoms with E-state index in [1.807, 2.05) is 6.08 Å². The van der Waals surface area contributed by atoms with Crippen molar-refractivity contribution in [1.82, 2.24) is 14.9 Å². The maximum atomic E-state index is 14.1. The number of rotatable bonds is 10. The molecule has 7 atom stereocenters. The Morgan fingerprint density at radius 2 is 1.59 bits per heavy atom. The van der Waals surface area contributed by atoms with Crippen molar-refractivity contribution >= 4 is 54.0 Å². The van der Waals surface area contributed by atoms with Crippen molar-refractivity contribution in [3.05, 3.63) is 17.7 Å². The molecule has 2 heterocycles. The fourth-order valence-electron chi connectivity index (χ4n) is 10.5. The number of carbonyl (C=O) groups excluding carboxylic acids is 2. The van der Waals surface area contributed by atoms with Gasteiger partial charge in [-0.1, -0.05) is 19.4 Å². The highest BCUT2D eigenvalue weighted by Gasteiger charge is 2.68. The van der Waals surface area contributed by atoms with E-state index in [4.69, 9.17) is 9.97 Å². The third kappa shape index (κ3) is 6.74. The Morgan fingerprint density at radius 3 is 2.22 bits per heavy atom. The van der Waals surface area contributed by atoms with Gasteiger partial charge in [0, 0.05) is 70.3 Å². The molecule has 1 aromatic rings. The van der Waals surface area contributed by atoms with Gasteiger partial charge in [0.2, 0.25) is 5.95 Å². The van der Waals surface area contributed by atoms with E-state index in [9.17, 15) is 19.8 Å². The average molecular weight is 724 g/mol. The minimum atomic E-state index is -1.44. The maximum absolute atomic E-state index is 14.1. The summed E-state index contributed by atoms with van der Waals surface area (Å²) < 4.78 is 0. The second-order valence-electron chi connectivity index (χ2n) is 15.4. The summed E-state index contributed by atoms with van der Waals surface area (Å²) in [7, 11) is 0. The van der Waals surface area contributed by atoms with E-state index in [1.165, 1.54) is 5.57 Å². The first kappa shape index (κ1) is 39.8. The number of aromatic nitrogens is 2. The lowest BCUT2D eigenvalue weighted by Gasteiger charge is -2.60. The quantitative estimate of drug-likeness (QED) is 0.345. The maximum Gasteiger partial charge on any atom is 0.229 e. The Hall–Kier alpha value is -1.98. The number of allylic oxidation sites excluding steroid dienone is 1. The Balaban J connectivity index is 0.00000270. The Morgan fingerprint density at radius 1 is 0.939 bits per heavy atom. The molecule has 0 spiro atoms. The molecule has 3 saturated carbocycles. The Bertz CT molecular complexity index is 1350. The van der Waals surface area contributed by atoms with Crippen molar-refractivity contribution in [3.8, 4) is 0 Å². The van der Waals surface area contributed by atoms with Crippen molar-refractivity contribution in [3.63, 3.8) is 0 Å². The summed E-state index contributed by atoms with van der Waals surface area (Å²) in [4.78, 5) is 45.2. The number of hydrogen-bond acceptors (Lipinski definition) is 10. The minimum absolute atomic E-state index is 0. The van der Waals surface area contributed by atoms with Gasteiger partial charge in [-0.05, 0) is 95.5 Å². The van der Waals surface area contributed by atoms with E-state index in [2.05, 4.69) is 67.2 Å². The number of halogens is 2. The molecule has 12 heteroatoms. The highest BCUT2D eigenvalue weighted by Crippen LogP contribution is 2.67. The number of Topliss-reactive ketones (excluding diaryl/α,β-unsaturated/α-hetero) is 1. The molecule has 4 aliphatic carbocycles. The summed E-state index contributed by atoms with van der Waals surface area (Å²) in [6.07, 6.45) is 6.08. The lowest BCUT2D eigenvalue weighted by Crippen LogP contribution is -2.63. The van der Waals surface area contributed by atoms with Crippen LogP contribution >= 0.6 is 24.8 Å². The van der Waals surface area contributed by atoms with E-state index in [0.717, 1.165) is 82.5 Å². The number of aliphatic hydroxyl groups is 2. The molecule has 0 amide bonds. The minimum Gasteiger partial charge on any atom is -0.393 e. The van der Waals surface area contributed by atoms with Crippen LogP contribution in [0.15, 0.2) is 17.7 Å². The van der Waals surface area contributed by atoms with Crippen LogP contribution in [0.3, 0.4) is 0 Å². The number of carbonyl (C=O) groups is 2. The van der Waals surface area contributed by atoms with Crippen molar-refractivity contribution in [2.75, 3.05) is 73.6 Å². The first-order chi connectivity index (χ1) is 22.4. The van der Waals surface area contributed by atoms with Gasteiger partial charge in [-0.15, -0.1) is 24.8 Å². The number of aliphatic hydroxyl groups excluding tert-OH is 1. The highest BCUT2D eigenvalue weighted by molar-refractivity contribution is 5.92. The molecule has 5 aliphatic rings. The molecule has 1 aliphatic heterocycles. The lowest BCUT2D eigenvalue weighted by atomic mass is 9.45. The van der Waals surface area contributed by atoms with Gasteiger partial charge in [0.25, 0.3) is 0 Å². The summed E-state index contributed by atoms with van der Waals surface area (Å²) in [5, 5.41) is 24.1. The SMILES string of the molecule is CCN(CC)c1cc(N2CCN(CC(=O)[C@@]3(O)CC[C@H]4[C@@H]5CCC6=CC(=O)CC[C@]6(C)[C@H]5[C@H](O)C[C@@]43C)CC2)nc(N(CC)CC)n1.Cl.Cl. The molecule has 0 bridgehead atoms. The van der Waals surface area contributed by atoms with Gasteiger partial charge in [0.15, 0.2) is 11.6 Å². The molecule has 1 aromatic heterocycles. The van der Waals surface area contributed by atoms with Crippen LogP contribution in [-0.2, 0) is 9.59 Å². The molecular weight excluding hydrogens is 663 g/mol. The van der Waals surface area contributed by atoms with E-state index in [1.54, 1.807) is 0 Å². The summed E-state index contributed by atoms with van der Waals surface area (Å²) in [6, 6.07) is 2.10. The summed E-state index contributed by atoms with van der Waals surface area (Å²) in [5.74, 6) is 3.25. The van der Waals surface area contributed by atoms with Gasteiger partial charge in [-0.3, -0.25) is 14.5 Å². The van der Waals surface area contributed by atoms with E-state index in [0.29, 0.717) is 32.4 Å². The van der Waals surface area contributed by atoms with Crippen LogP contribution in [0.4, 0.5) is 17.6 Å². The average Bonchev–Trinajstić information content (AvgIpc) is 3.33. The van der Waals surface area contributed by atoms with Gasteiger partial charge in [0.1, 0.15) is 17.2 Å². The number of fused-ring (bicyclic) bond motifs is 5. The largest absolute Gasteiger partial charge is 0.393 e. The third-order valence-electron chi connectivity index (χ3n) is 13.4. The zero-order chi connectivity index (χ0) is 33.7. The molecule has 276 valence electrons. The first-order valence-corrected chi connectivity index (χ1v) is 18.5. The van der Waals surface area contributed by atoms with Crippen LogP contribution in [0.1, 0.15) is 86.5 Å². The highest BCUT2D eigenvalue weighted by atomic mass is 35.5. The van der Waals surface area contributed by atoms with Crippen molar-refractivity contribution in [2.24, 2.45) is 28.6 Å². The summed E-state index contributed by atoms with van der Waals surface area (Å²) >= 11 is 0. The van der Waals surface area contributed by atoms with Crippen LogP contribution in [0.2, 0.25) is 0 Å². The normalized spacial score (nSPS) is 34.1. The van der Waals surface area contributed by atoms with Gasteiger partial charge < -0.3 is 24.9 Å². The second-order valence-corrected chi connectivity index (χ2v) is 15.4. The molecule has 4 fully saturated rings. The summed E-state index contributed by atoms with van der Waals surface area (Å²) in [6.45, 7) is 19.5. The fourth-order valence-corrected chi connectivity index (χ4v) is 10.5. The second kappa shape index (κ2) is 15.3. The predicted octanol–water partition coefficient (Wildman–Crippen LogP) is 4.94. The van der Waals surface area contributed by atoms with Crippen molar-refractivity contribution < 1.29 is 19.8 Å². The Kier molecular flexibility index (Phi) is 12.4. The smallest absolute Gasteiger partial charge is 0.229 e. The molecule has 49 heavy (non-hydrogen) atoms. The van der Waals surface area contributed by atoms with Gasteiger partial charge in [-0.2, -0.15) is 9.97 Å². The number of nitrogens with zero attached hydrogens (tertiary/aromatic N) is 6. The molecule has 0 unspecified atom stereocenters. The van der Waals surface area contributed by atoms with E-state index in [-0.39, 0.29) is 66.1 Å². The number of piperazine rings is 1. The van der Waals surface area contributed by atoms with E-state index >= 15 is 0 Å². The number of ketones is 2. The third-order valence-corrected chi connectivity index (χ3v) is 13.4. The summed E-state index contributed by atoms with van der Waals surface area (Å²) in [5.41, 5.74) is -1.07. The Labute approximate surface area is 305 Å². The number of anilines is 3. The molecule has 0 aromatic carbocycles. The number of hydrogen-bond donors (Lipinski definition) is 2. The van der Waals surface area contributed by atoms with Gasteiger partial charge >= 0.3 is 0 Å². The van der Waals surface area contributed by atoms with Gasteiger partial charge in [-0.25, -0.2) is 0 Å². The molecule has 1 saturated heterocycles. The zero-order valence-electron chi connectivity index (χ0n) is 30.5. The fraction of sp³-hybridized carbons (Fsp3) is 0.784. The molecular formula is C37H60Cl2N6O4. The molecule has 10 nitrogen and oxygen atoms in total. The van der Waals surface area contributed by atoms with Gasteiger partial charge in [0.05, 0.1) is 12.6 Å². The topological polar surface area (TPSA) is 113 Å². The van der Waals surface area contributed by atoms with Crippen LogP contribution in [-0.4, -0.2) is 107 Å². The standard InChI is InChI=1S/C37H58N6O4.2ClH/c1-7-41(8-2)31-22-32(39-34(38-31)42(9-3)10-4)43-19-17-40(18-20-43)24-30(46)37(47)16-14-28-27-12-11-25-21-26(44)13-15-35(25,5)33(27)29(45)23-36(28,37)6;;/h21-22,27-29,33,45,47H,7-20,23-24H2,1-6H3;2*1H/t27-,28-,29+,33+,35-,36-,37-;;/m0../s1. The predicted molar refractivity (Wildman–Crippen MR) is 200 cm³/mol. The molecule has 0 radical (unpaired) electrons. The first-order valence-electron chi connectivity index (χ1n) is 18.5. The van der Waals surface area contributed by atoms with Crippen molar-refractivity contribution in [2.45, 2.75) is 98.2 Å².